The summed E-state index contributed by atoms with van der Waals surface area (Å²) < 4.78 is -0.0330. The van der Waals surface area contributed by atoms with E-state index in [9.17, 15) is 5.21 Å². The molecule has 0 aliphatic rings. The molecule has 0 heterocycles. The van der Waals surface area contributed by atoms with E-state index in [0.717, 1.165) is 25.9 Å². The van der Waals surface area contributed by atoms with Gasteiger partial charge in [0, 0.05) is 0 Å². The molecule has 1 unspecified atom stereocenters. The molecule has 0 aliphatic heterocycles. The second-order valence-corrected chi connectivity index (χ2v) is 7.34. The summed E-state index contributed by atoms with van der Waals surface area (Å²) in [6, 6.07) is 0. The summed E-state index contributed by atoms with van der Waals surface area (Å²) in [4.78, 5) is 0. The third kappa shape index (κ3) is 16.3. The number of hydroxylamine groups is 3. The van der Waals surface area contributed by atoms with Crippen LogP contribution >= 0.6 is 0 Å². The maximum atomic E-state index is 12.0. The third-order valence-electron chi connectivity index (χ3n) is 4.68. The number of hydrogen-bond donors (Lipinski definition) is 0. The summed E-state index contributed by atoms with van der Waals surface area (Å²) in [5, 5.41) is 12.0. The van der Waals surface area contributed by atoms with E-state index in [4.69, 9.17) is 0 Å². The number of hydrogen-bond acceptors (Lipinski definition) is 1. The van der Waals surface area contributed by atoms with Crippen LogP contribution in [0.1, 0.15) is 110 Å². The van der Waals surface area contributed by atoms with Crippen LogP contribution in [0, 0.1) is 5.21 Å². The first kappa shape index (κ1) is 21.9. The maximum Gasteiger partial charge on any atom is 0.0781 e. The van der Waals surface area contributed by atoms with E-state index >= 15 is 0 Å². The van der Waals surface area contributed by atoms with Crippen molar-refractivity contribution in [3.8, 4) is 0 Å². The van der Waals surface area contributed by atoms with Gasteiger partial charge >= 0.3 is 0 Å². The molecule has 0 fully saturated rings. The largest absolute Gasteiger partial charge is 0.633 e. The summed E-state index contributed by atoms with van der Waals surface area (Å²) >= 11 is 0. The van der Waals surface area contributed by atoms with Crippen LogP contribution < -0.4 is 0 Å². The van der Waals surface area contributed by atoms with E-state index in [0.29, 0.717) is 0 Å². The summed E-state index contributed by atoms with van der Waals surface area (Å²) in [6.45, 7) is 5.97. The van der Waals surface area contributed by atoms with Crippen LogP contribution in [0.4, 0.5) is 0 Å². The number of quaternary nitrogens is 1. The van der Waals surface area contributed by atoms with Crippen LogP contribution in [0.15, 0.2) is 0 Å². The van der Waals surface area contributed by atoms with Gasteiger partial charge in [0.05, 0.1) is 20.1 Å². The van der Waals surface area contributed by atoms with Gasteiger partial charge in [-0.2, -0.15) is 0 Å². The van der Waals surface area contributed by atoms with E-state index in [1.807, 2.05) is 7.05 Å². The van der Waals surface area contributed by atoms with Gasteiger partial charge in [-0.05, 0) is 19.3 Å². The Bertz CT molecular complexity index is 216. The standard InChI is InChI=1S/C20H43NO/c1-4-6-7-8-9-10-11-12-13-14-15-16-17-18-20-21(3,22)19-5-2/h4-20H2,1-3H3. The quantitative estimate of drug-likeness (QED) is 0.164. The fraction of sp³-hybridized carbons (Fsp3) is 1.00. The van der Waals surface area contributed by atoms with Crippen molar-refractivity contribution in [3.63, 3.8) is 0 Å². The minimum absolute atomic E-state index is 0.0330. The molecular formula is C20H43NO. The highest BCUT2D eigenvalue weighted by molar-refractivity contribution is 4.49. The molecule has 0 aromatic rings. The normalized spacial score (nSPS) is 14.2. The predicted molar refractivity (Wildman–Crippen MR) is 99.9 cm³/mol. The summed E-state index contributed by atoms with van der Waals surface area (Å²) in [5.41, 5.74) is 0. The molecule has 1 atom stereocenters. The van der Waals surface area contributed by atoms with Crippen molar-refractivity contribution < 1.29 is 4.65 Å². The Morgan fingerprint density at radius 2 is 0.864 bits per heavy atom. The van der Waals surface area contributed by atoms with E-state index in [1.54, 1.807) is 0 Å². The Balaban J connectivity index is 3.11. The van der Waals surface area contributed by atoms with Crippen molar-refractivity contribution in [1.82, 2.24) is 0 Å². The molecule has 2 nitrogen and oxygen atoms in total. The Labute approximate surface area is 140 Å². The van der Waals surface area contributed by atoms with Crippen LogP contribution in [-0.2, 0) is 0 Å². The lowest BCUT2D eigenvalue weighted by Crippen LogP contribution is -2.38. The van der Waals surface area contributed by atoms with Gasteiger partial charge in [0.15, 0.2) is 0 Å². The zero-order valence-corrected chi connectivity index (χ0v) is 15.9. The average molecular weight is 314 g/mol. The molecule has 0 N–H and O–H groups in total. The monoisotopic (exact) mass is 313 g/mol. The first-order valence-corrected chi connectivity index (χ1v) is 10.2. The van der Waals surface area contributed by atoms with E-state index < -0.39 is 0 Å². The first-order valence-electron chi connectivity index (χ1n) is 10.2. The molecule has 0 spiro atoms. The average Bonchev–Trinajstić information content (AvgIpc) is 2.47. The molecule has 0 saturated carbocycles. The van der Waals surface area contributed by atoms with Crippen molar-refractivity contribution in [2.75, 3.05) is 20.1 Å². The van der Waals surface area contributed by atoms with Crippen LogP contribution in [-0.4, -0.2) is 24.8 Å². The van der Waals surface area contributed by atoms with Crippen LogP contribution in [0.5, 0.6) is 0 Å². The Kier molecular flexibility index (Phi) is 15.7. The Morgan fingerprint density at radius 3 is 1.23 bits per heavy atom. The van der Waals surface area contributed by atoms with E-state index in [2.05, 4.69) is 13.8 Å². The van der Waals surface area contributed by atoms with Crippen molar-refractivity contribution in [2.45, 2.75) is 110 Å². The smallest absolute Gasteiger partial charge is 0.0781 e. The second kappa shape index (κ2) is 15.8. The molecule has 0 radical (unpaired) electrons. The molecule has 0 amide bonds. The zero-order chi connectivity index (χ0) is 16.5. The van der Waals surface area contributed by atoms with Gasteiger partial charge in [0.25, 0.3) is 0 Å². The van der Waals surface area contributed by atoms with Gasteiger partial charge < -0.3 is 9.85 Å². The van der Waals surface area contributed by atoms with Crippen molar-refractivity contribution in [3.05, 3.63) is 5.21 Å². The minimum Gasteiger partial charge on any atom is -0.633 e. The number of rotatable bonds is 17. The molecule has 0 aliphatic carbocycles. The van der Waals surface area contributed by atoms with Gasteiger partial charge in [-0.3, -0.25) is 0 Å². The molecule has 0 saturated heterocycles. The van der Waals surface area contributed by atoms with Crippen LogP contribution in [0.25, 0.3) is 0 Å². The highest BCUT2D eigenvalue weighted by Gasteiger charge is 2.07. The lowest BCUT2D eigenvalue weighted by atomic mass is 10.0. The van der Waals surface area contributed by atoms with Crippen molar-refractivity contribution >= 4 is 0 Å². The SMILES string of the molecule is CCCCCCCCCCCCCCCC[N+](C)([O-])CCC. The zero-order valence-electron chi connectivity index (χ0n) is 15.9. The van der Waals surface area contributed by atoms with Crippen LogP contribution in [0.3, 0.4) is 0 Å². The van der Waals surface area contributed by atoms with Crippen LogP contribution in [0.2, 0.25) is 0 Å². The Hall–Kier alpha value is -0.0800. The fourth-order valence-electron chi connectivity index (χ4n) is 3.23. The lowest BCUT2D eigenvalue weighted by molar-refractivity contribution is -0.861. The highest BCUT2D eigenvalue weighted by Crippen LogP contribution is 2.13. The molecule has 22 heavy (non-hydrogen) atoms. The lowest BCUT2D eigenvalue weighted by Gasteiger charge is -2.38. The molecular weight excluding hydrogens is 270 g/mol. The van der Waals surface area contributed by atoms with Gasteiger partial charge in [-0.15, -0.1) is 0 Å². The van der Waals surface area contributed by atoms with Gasteiger partial charge in [0.1, 0.15) is 0 Å². The maximum absolute atomic E-state index is 12.0. The third-order valence-corrected chi connectivity index (χ3v) is 4.68. The van der Waals surface area contributed by atoms with Gasteiger partial charge in [-0.1, -0.05) is 90.9 Å². The molecule has 0 rings (SSSR count). The fourth-order valence-corrected chi connectivity index (χ4v) is 3.23. The predicted octanol–water partition coefficient (Wildman–Crippen LogP) is 6.82. The minimum atomic E-state index is -0.0330. The highest BCUT2D eigenvalue weighted by atomic mass is 16.5. The number of nitrogens with zero attached hydrogens (tertiary/aromatic N) is 1. The second-order valence-electron chi connectivity index (χ2n) is 7.34. The topological polar surface area (TPSA) is 23.1 Å². The van der Waals surface area contributed by atoms with E-state index in [-0.39, 0.29) is 4.65 Å². The Morgan fingerprint density at radius 1 is 0.500 bits per heavy atom. The molecule has 0 bridgehead atoms. The van der Waals surface area contributed by atoms with Gasteiger partial charge in [-0.25, -0.2) is 0 Å². The van der Waals surface area contributed by atoms with Crippen molar-refractivity contribution in [1.29, 1.82) is 0 Å². The van der Waals surface area contributed by atoms with Gasteiger partial charge in [0.2, 0.25) is 0 Å². The molecule has 134 valence electrons. The van der Waals surface area contributed by atoms with Crippen molar-refractivity contribution in [2.24, 2.45) is 0 Å². The first-order chi connectivity index (χ1) is 10.6. The molecule has 0 aromatic carbocycles. The molecule has 0 aromatic heterocycles. The molecule has 2 heteroatoms. The van der Waals surface area contributed by atoms with E-state index in [1.165, 1.54) is 83.5 Å². The number of unbranched alkanes of at least 4 members (excludes halogenated alkanes) is 13. The summed E-state index contributed by atoms with van der Waals surface area (Å²) in [6.07, 6.45) is 20.3. The summed E-state index contributed by atoms with van der Waals surface area (Å²) in [5.74, 6) is 0. The summed E-state index contributed by atoms with van der Waals surface area (Å²) in [7, 11) is 1.83.